The summed E-state index contributed by atoms with van der Waals surface area (Å²) < 4.78 is 30.7. The number of Topliss-reactive ketones (excluding diaryl/α,β-unsaturated/α-hetero) is 1. The highest BCUT2D eigenvalue weighted by Gasteiger charge is 2.42. The van der Waals surface area contributed by atoms with Gasteiger partial charge in [0, 0.05) is 12.0 Å². The molecule has 0 aliphatic carbocycles. The third kappa shape index (κ3) is 3.04. The van der Waals surface area contributed by atoms with Gasteiger partial charge in [-0.3, -0.25) is 4.79 Å². The van der Waals surface area contributed by atoms with Crippen LogP contribution in [0.3, 0.4) is 0 Å². The molecule has 0 spiro atoms. The van der Waals surface area contributed by atoms with E-state index >= 15 is 0 Å². The molecule has 4 rings (SSSR count). The Balaban J connectivity index is 1.76. The minimum absolute atomic E-state index is 0.0150. The monoisotopic (exact) mass is 372 g/mol. The molecule has 2 aliphatic heterocycles. The lowest BCUT2D eigenvalue weighted by Crippen LogP contribution is -2.48. The van der Waals surface area contributed by atoms with Gasteiger partial charge in [-0.2, -0.15) is 0 Å². The molecule has 5 nitrogen and oxygen atoms in total. The lowest BCUT2D eigenvalue weighted by atomic mass is 9.86. The number of carbonyl (C=O) groups excluding carboxylic acids is 1. The van der Waals surface area contributed by atoms with Crippen LogP contribution in [-0.2, 0) is 6.42 Å². The van der Waals surface area contributed by atoms with Gasteiger partial charge in [-0.25, -0.2) is 4.39 Å². The fourth-order valence-corrected chi connectivity index (χ4v) is 4.04. The molecule has 0 N–H and O–H groups in total. The lowest BCUT2D eigenvalue weighted by Gasteiger charge is -2.43. The minimum atomic E-state index is -0.347. The van der Waals surface area contributed by atoms with E-state index in [-0.39, 0.29) is 24.4 Å². The summed E-state index contributed by atoms with van der Waals surface area (Å²) in [5.41, 5.74) is 2.65. The number of nitrogens with zero attached hydrogens (tertiary/aromatic N) is 1. The summed E-state index contributed by atoms with van der Waals surface area (Å²) in [6.45, 7) is 1.07. The molecule has 2 aromatic carbocycles. The van der Waals surface area contributed by atoms with Crippen molar-refractivity contribution in [3.8, 4) is 17.2 Å². The van der Waals surface area contributed by atoms with Crippen molar-refractivity contribution in [1.29, 1.82) is 0 Å². The van der Waals surface area contributed by atoms with Gasteiger partial charge in [0.15, 0.2) is 17.3 Å². The number of ketones is 1. The Morgan fingerprint density at radius 1 is 1.26 bits per heavy atom. The zero-order valence-corrected chi connectivity index (χ0v) is 15.8. The Kier molecular flexibility index (Phi) is 4.30. The van der Waals surface area contributed by atoms with Crippen LogP contribution in [0.2, 0.25) is 0 Å². The van der Waals surface area contributed by atoms with Crippen LogP contribution in [0.25, 0.3) is 0 Å². The van der Waals surface area contributed by atoms with Gasteiger partial charge in [-0.15, -0.1) is 0 Å². The van der Waals surface area contributed by atoms with Gasteiger partial charge in [-0.1, -0.05) is 0 Å². The van der Waals surface area contributed by atoms with Gasteiger partial charge in [0.05, 0.1) is 39.7 Å². The third-order valence-electron chi connectivity index (χ3n) is 5.63. The molecule has 0 fully saturated rings. The second-order valence-corrected chi connectivity index (χ2v) is 7.62. The predicted octanol–water partition coefficient (Wildman–Crippen LogP) is 3.51. The van der Waals surface area contributed by atoms with Crippen LogP contribution >= 0.6 is 0 Å². The first-order valence-corrected chi connectivity index (χ1v) is 9.01. The highest BCUT2D eigenvalue weighted by Crippen LogP contribution is 2.51. The smallest absolute Gasteiger partial charge is 0.231 e. The van der Waals surface area contributed by atoms with Crippen LogP contribution in [0.5, 0.6) is 17.2 Å². The number of hydrogen-bond acceptors (Lipinski definition) is 4. The van der Waals surface area contributed by atoms with E-state index in [4.69, 9.17) is 14.2 Å². The molecule has 1 unspecified atom stereocenters. The van der Waals surface area contributed by atoms with Gasteiger partial charge in [0.25, 0.3) is 0 Å². The number of hydrogen-bond donors (Lipinski definition) is 0. The first-order valence-electron chi connectivity index (χ1n) is 9.01. The Morgan fingerprint density at radius 2 is 2.00 bits per heavy atom. The summed E-state index contributed by atoms with van der Waals surface area (Å²) in [6, 6.07) is 7.64. The average molecular weight is 372 g/mol. The van der Waals surface area contributed by atoms with E-state index in [9.17, 15) is 9.18 Å². The van der Waals surface area contributed by atoms with E-state index < -0.39 is 0 Å². The molecule has 0 saturated heterocycles. The molecule has 0 saturated carbocycles. The number of quaternary nitrogens is 1. The molecule has 0 amide bonds. The molecular formula is C21H23FNO4+. The van der Waals surface area contributed by atoms with Crippen molar-refractivity contribution < 1.29 is 27.9 Å². The van der Waals surface area contributed by atoms with Crippen LogP contribution in [-0.4, -0.2) is 44.8 Å². The van der Waals surface area contributed by atoms with Crippen LogP contribution in [0, 0.1) is 5.82 Å². The van der Waals surface area contributed by atoms with E-state index in [1.165, 1.54) is 24.3 Å². The molecule has 2 aromatic rings. The quantitative estimate of drug-likeness (QED) is 0.609. The Bertz CT molecular complexity index is 892. The van der Waals surface area contributed by atoms with Crippen LogP contribution in [0.1, 0.15) is 33.9 Å². The topological polar surface area (TPSA) is 44.8 Å². The van der Waals surface area contributed by atoms with Crippen molar-refractivity contribution in [3.63, 3.8) is 0 Å². The van der Waals surface area contributed by atoms with Crippen molar-refractivity contribution in [2.24, 2.45) is 0 Å². The summed E-state index contributed by atoms with van der Waals surface area (Å²) >= 11 is 0. The van der Waals surface area contributed by atoms with Crippen molar-refractivity contribution in [2.45, 2.75) is 18.9 Å². The number of halogens is 1. The predicted molar refractivity (Wildman–Crippen MR) is 97.9 cm³/mol. The van der Waals surface area contributed by atoms with E-state index in [1.807, 2.05) is 6.07 Å². The number of ether oxygens (including phenoxy) is 3. The first kappa shape index (κ1) is 17.8. The summed E-state index contributed by atoms with van der Waals surface area (Å²) in [4.78, 5) is 12.9. The molecule has 2 aliphatic rings. The van der Waals surface area contributed by atoms with Gasteiger partial charge in [0.2, 0.25) is 12.5 Å². The number of benzene rings is 2. The highest BCUT2D eigenvalue weighted by atomic mass is 19.1. The largest absolute Gasteiger partial charge is 0.492 e. The zero-order valence-electron chi connectivity index (χ0n) is 15.8. The average Bonchev–Trinajstić information content (AvgIpc) is 3.11. The number of methoxy groups -OCH3 is 1. The van der Waals surface area contributed by atoms with Crippen LogP contribution < -0.4 is 14.2 Å². The maximum absolute atomic E-state index is 13.2. The van der Waals surface area contributed by atoms with Crippen LogP contribution in [0.15, 0.2) is 30.3 Å². The number of rotatable bonds is 4. The number of likely N-dealkylation sites (N-methyl/N-ethyl adjacent to an activating group) is 1. The molecule has 0 aromatic heterocycles. The Hall–Kier alpha value is -2.60. The molecule has 1 atom stereocenters. The summed E-state index contributed by atoms with van der Waals surface area (Å²) in [6.07, 6.45) is 1.18. The van der Waals surface area contributed by atoms with Crippen molar-refractivity contribution in [3.05, 3.63) is 52.8 Å². The second kappa shape index (κ2) is 6.53. The first-order chi connectivity index (χ1) is 12.9. The van der Waals surface area contributed by atoms with Gasteiger partial charge in [-0.05, 0) is 35.9 Å². The molecule has 0 radical (unpaired) electrons. The number of carbonyl (C=O) groups is 1. The van der Waals surface area contributed by atoms with Crippen molar-refractivity contribution in [1.82, 2.24) is 0 Å². The molecule has 142 valence electrons. The standard InChI is InChI=1S/C21H23FNO4/c1-23(2)9-8-14-10-18-20(27-12-26-18)21(25-3)19(14)16(23)11-17(24)13-4-6-15(22)7-5-13/h4-7,10,16H,8-9,11-12H2,1-3H3/q+1. The van der Waals surface area contributed by atoms with E-state index in [2.05, 4.69) is 14.1 Å². The van der Waals surface area contributed by atoms with Crippen molar-refractivity contribution >= 4 is 5.78 Å². The maximum atomic E-state index is 13.2. The SMILES string of the molecule is COc1c2c(cc3c1C(CC(=O)c1ccc(F)cc1)[N+](C)(C)CC3)OCO2. The fourth-order valence-electron chi connectivity index (χ4n) is 4.04. The van der Waals surface area contributed by atoms with Crippen molar-refractivity contribution in [2.75, 3.05) is 34.5 Å². The number of fused-ring (bicyclic) bond motifs is 2. The lowest BCUT2D eigenvalue weighted by molar-refractivity contribution is -0.922. The van der Waals surface area contributed by atoms with E-state index in [0.29, 0.717) is 33.7 Å². The molecular weight excluding hydrogens is 349 g/mol. The molecule has 2 heterocycles. The molecule has 0 bridgehead atoms. The fraction of sp³-hybridized carbons (Fsp3) is 0.381. The van der Waals surface area contributed by atoms with Gasteiger partial charge >= 0.3 is 0 Å². The van der Waals surface area contributed by atoms with E-state index in [1.54, 1.807) is 7.11 Å². The Labute approximate surface area is 157 Å². The molecule has 6 heteroatoms. The van der Waals surface area contributed by atoms with Crippen LogP contribution in [0.4, 0.5) is 4.39 Å². The Morgan fingerprint density at radius 3 is 2.70 bits per heavy atom. The summed E-state index contributed by atoms with van der Waals surface area (Å²) in [5.74, 6) is 1.60. The van der Waals surface area contributed by atoms with E-state index in [0.717, 1.165) is 24.1 Å². The van der Waals surface area contributed by atoms with Gasteiger partial charge < -0.3 is 18.7 Å². The summed E-state index contributed by atoms with van der Waals surface area (Å²) in [7, 11) is 5.86. The third-order valence-corrected chi connectivity index (χ3v) is 5.63. The highest BCUT2D eigenvalue weighted by molar-refractivity contribution is 5.96. The summed E-state index contributed by atoms with van der Waals surface area (Å²) in [5, 5.41) is 0. The molecule has 27 heavy (non-hydrogen) atoms. The zero-order chi connectivity index (χ0) is 19.2. The second-order valence-electron chi connectivity index (χ2n) is 7.62. The van der Waals surface area contributed by atoms with Gasteiger partial charge in [0.1, 0.15) is 11.9 Å². The minimum Gasteiger partial charge on any atom is -0.492 e. The maximum Gasteiger partial charge on any atom is 0.231 e. The normalized spacial score (nSPS) is 19.5.